The van der Waals surface area contributed by atoms with Crippen LogP contribution in [-0.4, -0.2) is 32.8 Å². The van der Waals surface area contributed by atoms with Gasteiger partial charge in [-0.3, -0.25) is 0 Å². The zero-order valence-corrected chi connectivity index (χ0v) is 13.9. The maximum Gasteiger partial charge on any atom is 0.0663 e. The van der Waals surface area contributed by atoms with Gasteiger partial charge in [-0.2, -0.15) is 0 Å². The van der Waals surface area contributed by atoms with E-state index in [1.807, 2.05) is 0 Å². The molecule has 2 N–H and O–H groups in total. The third kappa shape index (κ3) is 4.79. The molecule has 1 rings (SSSR count). The van der Waals surface area contributed by atoms with Crippen molar-refractivity contribution in [3.8, 4) is 0 Å². The normalized spacial score (nSPS) is 14.2. The number of rotatable bonds is 7. The monoisotopic (exact) mass is 328 g/mol. The highest BCUT2D eigenvalue weighted by Crippen LogP contribution is 2.25. The highest BCUT2D eigenvalue weighted by molar-refractivity contribution is 9.10. The molecule has 1 aromatic rings. The molecule has 3 nitrogen and oxygen atoms in total. The fraction of sp³-hybridized carbons (Fsp3) is 0.600. The molecule has 0 aromatic heterocycles. The molecule has 0 radical (unpaired) electrons. The quantitative estimate of drug-likeness (QED) is 0.835. The molecule has 0 aliphatic rings. The van der Waals surface area contributed by atoms with Crippen molar-refractivity contribution in [3.05, 3.63) is 28.2 Å². The maximum atomic E-state index is 6.01. The molecule has 19 heavy (non-hydrogen) atoms. The molecule has 2 atom stereocenters. The van der Waals surface area contributed by atoms with Crippen LogP contribution in [-0.2, 0) is 11.2 Å². The summed E-state index contributed by atoms with van der Waals surface area (Å²) in [6.45, 7) is 4.99. The van der Waals surface area contributed by atoms with Crippen molar-refractivity contribution in [1.82, 2.24) is 0 Å². The average Bonchev–Trinajstić information content (AvgIpc) is 2.40. The number of halogens is 1. The Labute approximate surface area is 125 Å². The lowest BCUT2D eigenvalue weighted by atomic mass is 10.0. The lowest BCUT2D eigenvalue weighted by Gasteiger charge is -2.27. The third-order valence-corrected chi connectivity index (χ3v) is 4.26. The number of benzene rings is 1. The second-order valence-electron chi connectivity index (χ2n) is 5.06. The van der Waals surface area contributed by atoms with Crippen LogP contribution in [0.4, 0.5) is 5.69 Å². The predicted octanol–water partition coefficient (Wildman–Crippen LogP) is 3.20. The van der Waals surface area contributed by atoms with Crippen molar-refractivity contribution >= 4 is 21.6 Å². The van der Waals surface area contributed by atoms with E-state index in [1.54, 1.807) is 7.11 Å². The standard InChI is InChI=1S/C15H25BrN2O/c1-5-13(17)8-12-6-7-14(9-15(12)16)18(3)11(2)10-19-4/h6-7,9,11,13H,5,8,10,17H2,1-4H3. The van der Waals surface area contributed by atoms with E-state index in [0.717, 1.165) is 23.9 Å². The van der Waals surface area contributed by atoms with Crippen LogP contribution in [0.1, 0.15) is 25.8 Å². The molecule has 0 bridgehead atoms. The summed E-state index contributed by atoms with van der Waals surface area (Å²) in [5, 5.41) is 0. The first-order valence-electron chi connectivity index (χ1n) is 6.75. The number of hydrogen-bond donors (Lipinski definition) is 1. The lowest BCUT2D eigenvalue weighted by molar-refractivity contribution is 0.183. The van der Waals surface area contributed by atoms with Crippen molar-refractivity contribution in [2.24, 2.45) is 5.73 Å². The van der Waals surface area contributed by atoms with Crippen molar-refractivity contribution in [2.45, 2.75) is 38.8 Å². The molecule has 0 aliphatic carbocycles. The first-order chi connectivity index (χ1) is 8.99. The van der Waals surface area contributed by atoms with Gasteiger partial charge in [-0.15, -0.1) is 0 Å². The fourth-order valence-corrected chi connectivity index (χ4v) is 2.48. The Morgan fingerprint density at radius 2 is 2.11 bits per heavy atom. The highest BCUT2D eigenvalue weighted by Gasteiger charge is 2.12. The van der Waals surface area contributed by atoms with Crippen molar-refractivity contribution in [1.29, 1.82) is 0 Å². The largest absolute Gasteiger partial charge is 0.383 e. The van der Waals surface area contributed by atoms with Gasteiger partial charge in [0, 0.05) is 36.4 Å². The fourth-order valence-electron chi connectivity index (χ4n) is 1.96. The number of anilines is 1. The smallest absolute Gasteiger partial charge is 0.0663 e. The minimum atomic E-state index is 0.229. The SMILES string of the molecule is CCC(N)Cc1ccc(N(C)C(C)COC)cc1Br. The number of hydrogen-bond acceptors (Lipinski definition) is 3. The van der Waals surface area contributed by atoms with Crippen LogP contribution in [0, 0.1) is 0 Å². The zero-order valence-electron chi connectivity index (χ0n) is 12.3. The number of likely N-dealkylation sites (N-methyl/N-ethyl adjacent to an activating group) is 1. The van der Waals surface area contributed by atoms with E-state index < -0.39 is 0 Å². The number of nitrogens with zero attached hydrogens (tertiary/aromatic N) is 1. The van der Waals surface area contributed by atoms with E-state index in [9.17, 15) is 0 Å². The summed E-state index contributed by atoms with van der Waals surface area (Å²) in [6.07, 6.45) is 1.91. The van der Waals surface area contributed by atoms with Crippen LogP contribution >= 0.6 is 15.9 Å². The molecule has 0 amide bonds. The topological polar surface area (TPSA) is 38.5 Å². The Hall–Kier alpha value is -0.580. The summed E-state index contributed by atoms with van der Waals surface area (Å²) in [5.74, 6) is 0. The maximum absolute atomic E-state index is 6.01. The van der Waals surface area contributed by atoms with Gasteiger partial charge in [0.25, 0.3) is 0 Å². The summed E-state index contributed by atoms with van der Waals surface area (Å²) in [5.41, 5.74) is 8.47. The summed E-state index contributed by atoms with van der Waals surface area (Å²) in [7, 11) is 3.82. The summed E-state index contributed by atoms with van der Waals surface area (Å²) in [4.78, 5) is 2.22. The van der Waals surface area contributed by atoms with Gasteiger partial charge in [-0.25, -0.2) is 0 Å². The van der Waals surface area contributed by atoms with Crippen LogP contribution in [0.5, 0.6) is 0 Å². The van der Waals surface area contributed by atoms with Crippen LogP contribution < -0.4 is 10.6 Å². The van der Waals surface area contributed by atoms with Gasteiger partial charge in [-0.05, 0) is 37.5 Å². The lowest BCUT2D eigenvalue weighted by Crippen LogP contribution is -2.32. The number of nitrogens with two attached hydrogens (primary N) is 1. The van der Waals surface area contributed by atoms with E-state index in [-0.39, 0.29) is 6.04 Å². The predicted molar refractivity (Wildman–Crippen MR) is 85.9 cm³/mol. The Balaban J connectivity index is 2.81. The molecule has 0 saturated heterocycles. The second kappa shape index (κ2) is 7.88. The Morgan fingerprint density at radius 3 is 2.63 bits per heavy atom. The minimum Gasteiger partial charge on any atom is -0.383 e. The van der Waals surface area contributed by atoms with Gasteiger partial charge in [0.2, 0.25) is 0 Å². The Morgan fingerprint density at radius 1 is 1.42 bits per heavy atom. The Kier molecular flexibility index (Phi) is 6.83. The minimum absolute atomic E-state index is 0.229. The van der Waals surface area contributed by atoms with Gasteiger partial charge in [-0.1, -0.05) is 28.9 Å². The molecule has 2 unspecified atom stereocenters. The molecular weight excluding hydrogens is 304 g/mol. The average molecular weight is 329 g/mol. The Bertz CT molecular complexity index is 398. The van der Waals surface area contributed by atoms with Crippen LogP contribution in [0.3, 0.4) is 0 Å². The van der Waals surface area contributed by atoms with Crippen LogP contribution in [0.2, 0.25) is 0 Å². The van der Waals surface area contributed by atoms with Crippen LogP contribution in [0.25, 0.3) is 0 Å². The van der Waals surface area contributed by atoms with E-state index in [4.69, 9.17) is 10.5 Å². The van der Waals surface area contributed by atoms with Gasteiger partial charge < -0.3 is 15.4 Å². The zero-order chi connectivity index (χ0) is 14.4. The van der Waals surface area contributed by atoms with Crippen LogP contribution in [0.15, 0.2) is 22.7 Å². The first-order valence-corrected chi connectivity index (χ1v) is 7.54. The summed E-state index contributed by atoms with van der Waals surface area (Å²) >= 11 is 3.65. The van der Waals surface area contributed by atoms with Gasteiger partial charge in [0.1, 0.15) is 0 Å². The number of methoxy groups -OCH3 is 1. The molecule has 0 fully saturated rings. The third-order valence-electron chi connectivity index (χ3n) is 3.52. The molecule has 4 heteroatoms. The summed E-state index contributed by atoms with van der Waals surface area (Å²) < 4.78 is 6.33. The molecule has 0 heterocycles. The van der Waals surface area contributed by atoms with Gasteiger partial charge >= 0.3 is 0 Å². The van der Waals surface area contributed by atoms with E-state index in [0.29, 0.717) is 6.04 Å². The van der Waals surface area contributed by atoms with E-state index in [2.05, 4.69) is 59.9 Å². The van der Waals surface area contributed by atoms with Gasteiger partial charge in [0.05, 0.1) is 6.61 Å². The van der Waals surface area contributed by atoms with Gasteiger partial charge in [0.15, 0.2) is 0 Å². The van der Waals surface area contributed by atoms with Crippen molar-refractivity contribution in [3.63, 3.8) is 0 Å². The van der Waals surface area contributed by atoms with E-state index >= 15 is 0 Å². The molecule has 0 spiro atoms. The molecular formula is C15H25BrN2O. The number of ether oxygens (including phenoxy) is 1. The second-order valence-corrected chi connectivity index (χ2v) is 5.92. The highest BCUT2D eigenvalue weighted by atomic mass is 79.9. The molecule has 108 valence electrons. The molecule has 1 aromatic carbocycles. The summed E-state index contributed by atoms with van der Waals surface area (Å²) in [6, 6.07) is 7.04. The molecule has 0 saturated carbocycles. The van der Waals surface area contributed by atoms with Crippen molar-refractivity contribution < 1.29 is 4.74 Å². The van der Waals surface area contributed by atoms with Crippen molar-refractivity contribution in [2.75, 3.05) is 25.7 Å². The molecule has 0 aliphatic heterocycles. The van der Waals surface area contributed by atoms with E-state index in [1.165, 1.54) is 11.3 Å². The first kappa shape index (κ1) is 16.5.